The molecular formula is C13H15N5O2S2. The van der Waals surface area contributed by atoms with Gasteiger partial charge in [0.2, 0.25) is 11.7 Å². The fraction of sp³-hybridized carbons (Fsp3) is 0.385. The fourth-order valence-corrected chi connectivity index (χ4v) is 3.54. The first-order valence-corrected chi connectivity index (χ1v) is 8.79. The number of aromatic nitrogens is 5. The molecule has 116 valence electrons. The lowest BCUT2D eigenvalue weighted by molar-refractivity contribution is 0.378. The van der Waals surface area contributed by atoms with Crippen molar-refractivity contribution in [3.8, 4) is 10.7 Å². The van der Waals surface area contributed by atoms with Gasteiger partial charge in [-0.2, -0.15) is 4.98 Å². The Morgan fingerprint density at radius 1 is 1.50 bits per heavy atom. The van der Waals surface area contributed by atoms with Gasteiger partial charge in [-0.05, 0) is 24.8 Å². The zero-order valence-corrected chi connectivity index (χ0v) is 13.6. The predicted octanol–water partition coefficient (Wildman–Crippen LogP) is 2.43. The molecular weight excluding hydrogens is 322 g/mol. The van der Waals surface area contributed by atoms with E-state index in [1.54, 1.807) is 27.7 Å². The zero-order valence-electron chi connectivity index (χ0n) is 12.0. The van der Waals surface area contributed by atoms with Crippen molar-refractivity contribution in [2.75, 3.05) is 5.75 Å². The first-order chi connectivity index (χ1) is 10.8. The van der Waals surface area contributed by atoms with Crippen LogP contribution in [0.25, 0.3) is 10.7 Å². The van der Waals surface area contributed by atoms with E-state index in [4.69, 9.17) is 4.52 Å². The van der Waals surface area contributed by atoms with Gasteiger partial charge in [-0.1, -0.05) is 23.0 Å². The maximum absolute atomic E-state index is 11.4. The Kier molecular flexibility index (Phi) is 4.74. The van der Waals surface area contributed by atoms with Gasteiger partial charge in [-0.25, -0.2) is 9.89 Å². The number of nitrogens with zero attached hydrogens (tertiary/aromatic N) is 4. The molecule has 3 aromatic rings. The van der Waals surface area contributed by atoms with Gasteiger partial charge in [0, 0.05) is 18.7 Å². The number of thiophene rings is 1. The highest BCUT2D eigenvalue weighted by atomic mass is 32.2. The van der Waals surface area contributed by atoms with Crippen LogP contribution >= 0.6 is 23.1 Å². The number of aryl methyl sites for hydroxylation is 1. The van der Waals surface area contributed by atoms with E-state index in [0.29, 0.717) is 24.7 Å². The van der Waals surface area contributed by atoms with Crippen molar-refractivity contribution in [3.05, 3.63) is 33.9 Å². The van der Waals surface area contributed by atoms with Gasteiger partial charge in [-0.15, -0.1) is 16.4 Å². The maximum Gasteiger partial charge on any atom is 0.343 e. The van der Waals surface area contributed by atoms with Crippen LogP contribution in [0.3, 0.4) is 0 Å². The summed E-state index contributed by atoms with van der Waals surface area (Å²) in [6.07, 6.45) is 1.59. The van der Waals surface area contributed by atoms with Crippen molar-refractivity contribution in [1.29, 1.82) is 0 Å². The minimum absolute atomic E-state index is 0.164. The summed E-state index contributed by atoms with van der Waals surface area (Å²) in [6, 6.07) is 3.93. The number of rotatable bonds is 7. The third kappa shape index (κ3) is 3.30. The summed E-state index contributed by atoms with van der Waals surface area (Å²) >= 11 is 3.14. The SMILES string of the molecule is CCn1c(SCCCc2nc(-c3cccs3)no2)n[nH]c1=O. The van der Waals surface area contributed by atoms with Crippen molar-refractivity contribution >= 4 is 23.1 Å². The van der Waals surface area contributed by atoms with Crippen LogP contribution in [0.1, 0.15) is 19.2 Å². The minimum atomic E-state index is -0.164. The monoisotopic (exact) mass is 337 g/mol. The van der Waals surface area contributed by atoms with Crippen LogP contribution in [0.5, 0.6) is 0 Å². The highest BCUT2D eigenvalue weighted by molar-refractivity contribution is 7.99. The van der Waals surface area contributed by atoms with Gasteiger partial charge in [0.1, 0.15) is 0 Å². The van der Waals surface area contributed by atoms with Crippen LogP contribution in [0.4, 0.5) is 0 Å². The third-order valence-corrected chi connectivity index (χ3v) is 4.94. The number of nitrogens with one attached hydrogen (secondary N) is 1. The molecule has 1 N–H and O–H groups in total. The average Bonchev–Trinajstić information content (AvgIpc) is 3.24. The maximum atomic E-state index is 11.4. The van der Waals surface area contributed by atoms with E-state index in [2.05, 4.69) is 20.3 Å². The summed E-state index contributed by atoms with van der Waals surface area (Å²) in [4.78, 5) is 16.8. The Balaban J connectivity index is 1.50. The lowest BCUT2D eigenvalue weighted by atomic mass is 10.3. The lowest BCUT2D eigenvalue weighted by Crippen LogP contribution is -2.16. The number of H-pyrrole nitrogens is 1. The molecule has 0 saturated carbocycles. The fourth-order valence-electron chi connectivity index (χ4n) is 1.94. The van der Waals surface area contributed by atoms with E-state index in [9.17, 15) is 4.79 Å². The van der Waals surface area contributed by atoms with Gasteiger partial charge in [0.25, 0.3) is 0 Å². The molecule has 7 nitrogen and oxygen atoms in total. The summed E-state index contributed by atoms with van der Waals surface area (Å²) in [5, 5.41) is 13.2. The summed E-state index contributed by atoms with van der Waals surface area (Å²) < 4.78 is 6.87. The average molecular weight is 337 g/mol. The first kappa shape index (κ1) is 15.0. The van der Waals surface area contributed by atoms with Crippen LogP contribution < -0.4 is 5.69 Å². The van der Waals surface area contributed by atoms with Gasteiger partial charge in [0.15, 0.2) is 5.16 Å². The molecule has 0 unspecified atom stereocenters. The molecule has 0 amide bonds. The molecule has 0 bridgehead atoms. The highest BCUT2D eigenvalue weighted by Gasteiger charge is 2.10. The van der Waals surface area contributed by atoms with E-state index in [-0.39, 0.29) is 5.69 Å². The van der Waals surface area contributed by atoms with Crippen molar-refractivity contribution in [1.82, 2.24) is 24.9 Å². The molecule has 0 aliphatic rings. The predicted molar refractivity (Wildman–Crippen MR) is 85.2 cm³/mol. The molecule has 0 aliphatic heterocycles. The normalized spacial score (nSPS) is 11.1. The summed E-state index contributed by atoms with van der Waals surface area (Å²) in [5.41, 5.74) is -0.164. The Hall–Kier alpha value is -1.87. The molecule has 0 spiro atoms. The largest absolute Gasteiger partial charge is 0.343 e. The molecule has 3 aromatic heterocycles. The van der Waals surface area contributed by atoms with E-state index in [1.807, 2.05) is 24.4 Å². The molecule has 3 rings (SSSR count). The molecule has 0 saturated heterocycles. The highest BCUT2D eigenvalue weighted by Crippen LogP contribution is 2.22. The lowest BCUT2D eigenvalue weighted by Gasteiger charge is -2.00. The summed E-state index contributed by atoms with van der Waals surface area (Å²) in [6.45, 7) is 2.54. The molecule has 0 aliphatic carbocycles. The van der Waals surface area contributed by atoms with Crippen LogP contribution in [0, 0.1) is 0 Å². The molecule has 22 heavy (non-hydrogen) atoms. The third-order valence-electron chi connectivity index (χ3n) is 3.02. The van der Waals surface area contributed by atoms with Crippen molar-refractivity contribution in [3.63, 3.8) is 0 Å². The molecule has 0 aromatic carbocycles. The molecule has 0 radical (unpaired) electrons. The number of aromatic amines is 1. The Bertz CT molecular complexity index is 775. The van der Waals surface area contributed by atoms with E-state index < -0.39 is 0 Å². The second kappa shape index (κ2) is 6.93. The van der Waals surface area contributed by atoms with Gasteiger partial charge < -0.3 is 4.52 Å². The van der Waals surface area contributed by atoms with Crippen LogP contribution in [0.2, 0.25) is 0 Å². The van der Waals surface area contributed by atoms with Gasteiger partial charge in [-0.3, -0.25) is 4.57 Å². The second-order valence-corrected chi connectivity index (χ2v) is 6.51. The summed E-state index contributed by atoms with van der Waals surface area (Å²) in [5.74, 6) is 2.12. The molecule has 9 heteroatoms. The Morgan fingerprint density at radius 3 is 3.18 bits per heavy atom. The van der Waals surface area contributed by atoms with Crippen molar-refractivity contribution in [2.24, 2.45) is 0 Å². The van der Waals surface area contributed by atoms with Gasteiger partial charge in [0.05, 0.1) is 4.88 Å². The first-order valence-electron chi connectivity index (χ1n) is 6.92. The van der Waals surface area contributed by atoms with E-state index in [0.717, 1.165) is 22.2 Å². The van der Waals surface area contributed by atoms with Crippen LogP contribution in [-0.4, -0.2) is 30.7 Å². The zero-order chi connectivity index (χ0) is 15.4. The standard InChI is InChI=1S/C13H15N5O2S2/c1-2-18-12(19)15-16-13(18)22-8-4-6-10-14-11(17-20-10)9-5-3-7-21-9/h3,5,7H,2,4,6,8H2,1H3,(H,15,19). The smallest absolute Gasteiger partial charge is 0.339 e. The Labute approximate surface area is 134 Å². The van der Waals surface area contributed by atoms with Crippen molar-refractivity contribution < 1.29 is 4.52 Å². The van der Waals surface area contributed by atoms with Crippen LogP contribution in [-0.2, 0) is 13.0 Å². The minimum Gasteiger partial charge on any atom is -0.339 e. The van der Waals surface area contributed by atoms with Crippen LogP contribution in [0.15, 0.2) is 32.0 Å². The number of hydrogen-bond acceptors (Lipinski definition) is 7. The second-order valence-electron chi connectivity index (χ2n) is 4.50. The topological polar surface area (TPSA) is 89.6 Å². The van der Waals surface area contributed by atoms with E-state index >= 15 is 0 Å². The number of thioether (sulfide) groups is 1. The summed E-state index contributed by atoms with van der Waals surface area (Å²) in [7, 11) is 0. The van der Waals surface area contributed by atoms with Gasteiger partial charge >= 0.3 is 5.69 Å². The Morgan fingerprint density at radius 2 is 2.41 bits per heavy atom. The molecule has 0 fully saturated rings. The van der Waals surface area contributed by atoms with Crippen molar-refractivity contribution in [2.45, 2.75) is 31.5 Å². The quantitative estimate of drug-likeness (QED) is 0.526. The van der Waals surface area contributed by atoms with E-state index in [1.165, 1.54) is 0 Å². The molecule has 0 atom stereocenters. The molecule has 3 heterocycles. The number of hydrogen-bond donors (Lipinski definition) is 1.